The zero-order valence-electron chi connectivity index (χ0n) is 26.5. The number of amides is 1. The van der Waals surface area contributed by atoms with Crippen molar-refractivity contribution in [2.75, 3.05) is 41.0 Å². The molecule has 236 valence electrons. The summed E-state index contributed by atoms with van der Waals surface area (Å²) in [5, 5.41) is 4.68. The third kappa shape index (κ3) is 7.18. The number of hydrogen-bond donors (Lipinski definition) is 1. The molecule has 1 aliphatic heterocycles. The van der Waals surface area contributed by atoms with Crippen LogP contribution in [0.4, 0.5) is 0 Å². The second-order valence-corrected chi connectivity index (χ2v) is 11.8. The number of nitrogens with zero attached hydrogens (tertiary/aromatic N) is 2. The van der Waals surface area contributed by atoms with E-state index in [0.29, 0.717) is 36.9 Å². The van der Waals surface area contributed by atoms with E-state index >= 15 is 0 Å². The number of rotatable bonds is 14. The van der Waals surface area contributed by atoms with Crippen LogP contribution in [0.15, 0.2) is 78.5 Å². The number of aryl methyl sites for hydroxylation is 1. The van der Waals surface area contributed by atoms with Gasteiger partial charge in [0.15, 0.2) is 0 Å². The maximum atomic E-state index is 14.4. The second kappa shape index (κ2) is 14.2. The minimum Gasteiger partial charge on any atom is -0.496 e. The summed E-state index contributed by atoms with van der Waals surface area (Å²) in [7, 11) is 4.99. The predicted octanol–water partition coefficient (Wildman–Crippen LogP) is 6.21. The number of ether oxygens (including phenoxy) is 4. The van der Waals surface area contributed by atoms with E-state index < -0.39 is 0 Å². The highest BCUT2D eigenvalue weighted by Gasteiger charge is 2.36. The summed E-state index contributed by atoms with van der Waals surface area (Å²) in [5.41, 5.74) is 6.51. The van der Waals surface area contributed by atoms with Crippen LogP contribution >= 0.6 is 0 Å². The fourth-order valence-corrected chi connectivity index (χ4v) is 6.21. The first-order chi connectivity index (χ1) is 22.1. The second-order valence-electron chi connectivity index (χ2n) is 11.8. The van der Waals surface area contributed by atoms with Crippen molar-refractivity contribution in [3.63, 3.8) is 0 Å². The van der Waals surface area contributed by atoms with Crippen LogP contribution in [-0.2, 0) is 29.2 Å². The van der Waals surface area contributed by atoms with E-state index in [0.717, 1.165) is 67.7 Å². The average Bonchev–Trinajstić information content (AvgIpc) is 3.88. The smallest absolute Gasteiger partial charge is 0.251 e. The summed E-state index contributed by atoms with van der Waals surface area (Å²) >= 11 is 0. The molecule has 0 saturated heterocycles. The monoisotopic (exact) mass is 609 g/mol. The molecule has 0 unspecified atom stereocenters. The maximum absolute atomic E-state index is 14.4. The van der Waals surface area contributed by atoms with Crippen LogP contribution in [0.5, 0.6) is 17.2 Å². The summed E-state index contributed by atoms with van der Waals surface area (Å²) in [6, 6.07) is 22.7. The van der Waals surface area contributed by atoms with Gasteiger partial charge in [-0.05, 0) is 66.6 Å². The van der Waals surface area contributed by atoms with E-state index in [1.165, 1.54) is 16.5 Å². The molecule has 8 heteroatoms. The number of carbonyl (C=O) groups excluding carboxylic acids is 1. The molecule has 0 bridgehead atoms. The molecule has 0 spiro atoms. The third-order valence-corrected chi connectivity index (χ3v) is 8.69. The summed E-state index contributed by atoms with van der Waals surface area (Å²) < 4.78 is 24.5. The van der Waals surface area contributed by atoms with Gasteiger partial charge in [-0.2, -0.15) is 0 Å². The van der Waals surface area contributed by atoms with Gasteiger partial charge in [0.1, 0.15) is 23.9 Å². The molecule has 1 fully saturated rings. The van der Waals surface area contributed by atoms with E-state index in [9.17, 15) is 4.79 Å². The molecule has 6 rings (SSSR count). The normalized spacial score (nSPS) is 14.9. The van der Waals surface area contributed by atoms with Gasteiger partial charge < -0.3 is 33.7 Å². The fourth-order valence-electron chi connectivity index (χ4n) is 6.21. The number of benzene rings is 3. The summed E-state index contributed by atoms with van der Waals surface area (Å²) in [4.78, 5) is 16.5. The van der Waals surface area contributed by atoms with Gasteiger partial charge in [0.25, 0.3) is 5.91 Å². The Morgan fingerprint density at radius 2 is 1.73 bits per heavy atom. The molecule has 2 aliphatic rings. The molecule has 0 radical (unpaired) electrons. The van der Waals surface area contributed by atoms with Crippen LogP contribution in [-0.4, -0.2) is 62.4 Å². The van der Waals surface area contributed by atoms with Crippen LogP contribution < -0.4 is 19.5 Å². The van der Waals surface area contributed by atoms with Crippen LogP contribution in [0.25, 0.3) is 16.5 Å². The van der Waals surface area contributed by atoms with Gasteiger partial charge in [-0.25, -0.2) is 0 Å². The molecular formula is C37H43N3O5. The summed E-state index contributed by atoms with van der Waals surface area (Å²) in [6.45, 7) is 4.02. The minimum atomic E-state index is 0.140. The lowest BCUT2D eigenvalue weighted by Crippen LogP contribution is -2.39. The lowest BCUT2D eigenvalue weighted by molar-refractivity contribution is -0.128. The molecule has 1 aliphatic carbocycles. The Hall–Kier alpha value is -4.27. The SMILES string of the molecule is COCCCn1cc(CN(C(=O)C2=C(c3cccc(COc4cc(OC)cc(OC)c4)c3)CCNC2)C2CC2)c2ccccc21. The van der Waals surface area contributed by atoms with Crippen molar-refractivity contribution in [1.29, 1.82) is 0 Å². The van der Waals surface area contributed by atoms with Crippen molar-refractivity contribution in [3.8, 4) is 17.2 Å². The summed E-state index contributed by atoms with van der Waals surface area (Å²) in [6.07, 6.45) is 6.08. The molecule has 8 nitrogen and oxygen atoms in total. The Balaban J connectivity index is 1.24. The van der Waals surface area contributed by atoms with E-state index in [-0.39, 0.29) is 11.9 Å². The van der Waals surface area contributed by atoms with E-state index in [1.54, 1.807) is 21.3 Å². The van der Waals surface area contributed by atoms with Crippen LogP contribution in [0.1, 0.15) is 42.4 Å². The molecule has 1 amide bonds. The predicted molar refractivity (Wildman–Crippen MR) is 177 cm³/mol. The van der Waals surface area contributed by atoms with Gasteiger partial charge in [0, 0.05) is 80.3 Å². The number of hydrogen-bond acceptors (Lipinski definition) is 6. The molecule has 1 aromatic heterocycles. The molecular weight excluding hydrogens is 566 g/mol. The quantitative estimate of drug-likeness (QED) is 0.171. The Bertz CT molecular complexity index is 1650. The molecule has 1 N–H and O–H groups in total. The highest BCUT2D eigenvalue weighted by Crippen LogP contribution is 2.35. The Morgan fingerprint density at radius 1 is 0.956 bits per heavy atom. The van der Waals surface area contributed by atoms with Gasteiger partial charge >= 0.3 is 0 Å². The lowest BCUT2D eigenvalue weighted by Gasteiger charge is -2.28. The first-order valence-corrected chi connectivity index (χ1v) is 15.8. The topological polar surface area (TPSA) is 74.2 Å². The van der Waals surface area contributed by atoms with Crippen molar-refractivity contribution in [2.24, 2.45) is 0 Å². The standard InChI is InChI=1S/C37H43N3O5/c1-42-17-7-16-39-23-28(34-10-4-5-11-36(34)39)24-40(29-12-13-29)37(41)35-22-38-15-14-33(35)27-9-6-8-26(18-27)25-45-32-20-30(43-2)19-31(21-32)44-3/h4-6,8-11,18-21,23,29,38H,7,12-17,22,24-25H2,1-3H3. The lowest BCUT2D eigenvalue weighted by atomic mass is 9.92. The van der Waals surface area contributed by atoms with Crippen LogP contribution in [0, 0.1) is 0 Å². The van der Waals surface area contributed by atoms with Crippen molar-refractivity contribution >= 4 is 22.4 Å². The van der Waals surface area contributed by atoms with E-state index in [2.05, 4.69) is 69.5 Å². The van der Waals surface area contributed by atoms with Crippen molar-refractivity contribution in [3.05, 3.63) is 95.2 Å². The number of methoxy groups -OCH3 is 3. The van der Waals surface area contributed by atoms with Gasteiger partial charge in [-0.1, -0.05) is 36.4 Å². The van der Waals surface area contributed by atoms with Crippen LogP contribution in [0.2, 0.25) is 0 Å². The fraction of sp³-hybridized carbons (Fsp3) is 0.378. The largest absolute Gasteiger partial charge is 0.496 e. The highest BCUT2D eigenvalue weighted by atomic mass is 16.5. The zero-order chi connectivity index (χ0) is 31.2. The number of aromatic nitrogens is 1. The van der Waals surface area contributed by atoms with Gasteiger partial charge in [0.05, 0.1) is 14.2 Å². The number of carbonyl (C=O) groups is 1. The Kier molecular flexibility index (Phi) is 9.72. The summed E-state index contributed by atoms with van der Waals surface area (Å²) in [5.74, 6) is 2.17. The van der Waals surface area contributed by atoms with Gasteiger partial charge in [-0.15, -0.1) is 0 Å². The number of para-hydroxylation sites is 1. The number of fused-ring (bicyclic) bond motifs is 1. The Labute approximate surface area is 265 Å². The van der Waals surface area contributed by atoms with Crippen molar-refractivity contribution in [2.45, 2.75) is 51.4 Å². The molecule has 1 saturated carbocycles. The Morgan fingerprint density at radius 3 is 2.49 bits per heavy atom. The molecule has 0 atom stereocenters. The third-order valence-electron chi connectivity index (χ3n) is 8.69. The highest BCUT2D eigenvalue weighted by molar-refractivity contribution is 6.02. The van der Waals surface area contributed by atoms with Crippen LogP contribution in [0.3, 0.4) is 0 Å². The van der Waals surface area contributed by atoms with Crippen molar-refractivity contribution < 1.29 is 23.7 Å². The molecule has 4 aromatic rings. The minimum absolute atomic E-state index is 0.140. The molecule has 2 heterocycles. The molecule has 45 heavy (non-hydrogen) atoms. The zero-order valence-corrected chi connectivity index (χ0v) is 26.5. The number of nitrogens with one attached hydrogen (secondary N) is 1. The van der Waals surface area contributed by atoms with Gasteiger partial charge in [0.2, 0.25) is 0 Å². The average molecular weight is 610 g/mol. The first kappa shape index (κ1) is 30.7. The first-order valence-electron chi connectivity index (χ1n) is 15.8. The maximum Gasteiger partial charge on any atom is 0.251 e. The van der Waals surface area contributed by atoms with E-state index in [4.69, 9.17) is 18.9 Å². The van der Waals surface area contributed by atoms with Crippen molar-refractivity contribution in [1.82, 2.24) is 14.8 Å². The van der Waals surface area contributed by atoms with Gasteiger partial charge in [-0.3, -0.25) is 4.79 Å². The molecule has 3 aromatic carbocycles. The van der Waals surface area contributed by atoms with E-state index in [1.807, 2.05) is 18.2 Å².